The van der Waals surface area contributed by atoms with Crippen molar-refractivity contribution in [2.24, 2.45) is 0 Å². The molecule has 1 aliphatic heterocycles. The van der Waals surface area contributed by atoms with Crippen molar-refractivity contribution in [3.63, 3.8) is 0 Å². The molecule has 0 bridgehead atoms. The molecule has 1 aromatic rings. The van der Waals surface area contributed by atoms with Gasteiger partial charge in [0.25, 0.3) is 5.56 Å². The van der Waals surface area contributed by atoms with Crippen molar-refractivity contribution in [2.45, 2.75) is 63.2 Å². The van der Waals surface area contributed by atoms with Gasteiger partial charge < -0.3 is 4.74 Å². The van der Waals surface area contributed by atoms with Crippen molar-refractivity contribution in [1.82, 2.24) is 9.55 Å². The summed E-state index contributed by atoms with van der Waals surface area (Å²) in [6.45, 7) is 0.588. The second-order valence-electron chi connectivity index (χ2n) is 5.72. The van der Waals surface area contributed by atoms with E-state index in [-0.39, 0.29) is 22.4 Å². The first kappa shape index (κ1) is 13.1. The fourth-order valence-electron chi connectivity index (χ4n) is 3.35. The molecule has 5 heteroatoms. The Morgan fingerprint density at radius 3 is 2.89 bits per heavy atom. The molecule has 1 spiro atoms. The molecule has 1 atom stereocenters. The molecule has 1 saturated heterocycles. The molecule has 1 unspecified atom stereocenters. The molecular formula is C14H19ClN2O2. The van der Waals surface area contributed by atoms with E-state index in [1.54, 1.807) is 4.57 Å². The molecule has 3 rings (SSSR count). The minimum atomic E-state index is -0.104. The highest BCUT2D eigenvalue weighted by atomic mass is 35.5. The topological polar surface area (TPSA) is 44.1 Å². The smallest absolute Gasteiger partial charge is 0.254 e. The zero-order valence-corrected chi connectivity index (χ0v) is 11.7. The van der Waals surface area contributed by atoms with E-state index in [4.69, 9.17) is 16.3 Å². The highest BCUT2D eigenvalue weighted by molar-refractivity contribution is 6.29. The van der Waals surface area contributed by atoms with Crippen LogP contribution in [0.1, 0.15) is 44.9 Å². The van der Waals surface area contributed by atoms with E-state index in [1.807, 2.05) is 0 Å². The predicted molar refractivity (Wildman–Crippen MR) is 73.4 cm³/mol. The molecule has 0 aromatic carbocycles. The lowest BCUT2D eigenvalue weighted by Gasteiger charge is -2.33. The van der Waals surface area contributed by atoms with Crippen molar-refractivity contribution in [1.29, 1.82) is 0 Å². The van der Waals surface area contributed by atoms with E-state index >= 15 is 0 Å². The van der Waals surface area contributed by atoms with Gasteiger partial charge in [0.1, 0.15) is 5.15 Å². The lowest BCUT2D eigenvalue weighted by Crippen LogP contribution is -2.33. The molecule has 19 heavy (non-hydrogen) atoms. The maximum atomic E-state index is 11.8. The van der Waals surface area contributed by atoms with Gasteiger partial charge in [0, 0.05) is 6.07 Å². The second-order valence-corrected chi connectivity index (χ2v) is 6.11. The third kappa shape index (κ3) is 2.84. The minimum Gasteiger partial charge on any atom is -0.370 e. The van der Waals surface area contributed by atoms with Crippen LogP contribution in [0, 0.1) is 0 Å². The van der Waals surface area contributed by atoms with Gasteiger partial charge in [-0.2, -0.15) is 0 Å². The monoisotopic (exact) mass is 282 g/mol. The Bertz CT molecular complexity index is 508. The average Bonchev–Trinajstić information content (AvgIpc) is 2.77. The SMILES string of the molecule is O=c1cc(Cl)ncn1CC1CCC2(CCCCC2)O1. The maximum Gasteiger partial charge on any atom is 0.254 e. The van der Waals surface area contributed by atoms with Crippen molar-refractivity contribution >= 4 is 11.6 Å². The Kier molecular flexibility index (Phi) is 3.63. The van der Waals surface area contributed by atoms with E-state index in [0.717, 1.165) is 12.8 Å². The fourth-order valence-corrected chi connectivity index (χ4v) is 3.49. The quantitative estimate of drug-likeness (QED) is 0.784. The van der Waals surface area contributed by atoms with Crippen molar-refractivity contribution < 1.29 is 4.74 Å². The number of ether oxygens (including phenoxy) is 1. The molecule has 2 aliphatic rings. The Morgan fingerprint density at radius 2 is 2.16 bits per heavy atom. The number of nitrogens with zero attached hydrogens (tertiary/aromatic N) is 2. The Balaban J connectivity index is 1.67. The second kappa shape index (κ2) is 5.25. The molecule has 0 radical (unpaired) electrons. The summed E-state index contributed by atoms with van der Waals surface area (Å²) in [5.74, 6) is 0. The summed E-state index contributed by atoms with van der Waals surface area (Å²) in [5.41, 5.74) is 0.0000260. The first-order chi connectivity index (χ1) is 9.17. The number of hydrogen-bond donors (Lipinski definition) is 0. The summed E-state index contributed by atoms with van der Waals surface area (Å²) >= 11 is 5.69. The average molecular weight is 283 g/mol. The summed E-state index contributed by atoms with van der Waals surface area (Å²) in [4.78, 5) is 15.7. The van der Waals surface area contributed by atoms with E-state index in [0.29, 0.717) is 6.54 Å². The normalized spacial score (nSPS) is 25.8. The molecule has 104 valence electrons. The number of hydrogen-bond acceptors (Lipinski definition) is 3. The van der Waals surface area contributed by atoms with Crippen LogP contribution in [0.4, 0.5) is 0 Å². The van der Waals surface area contributed by atoms with Gasteiger partial charge in [-0.15, -0.1) is 0 Å². The fraction of sp³-hybridized carbons (Fsp3) is 0.714. The van der Waals surface area contributed by atoms with Crippen molar-refractivity contribution in [3.8, 4) is 0 Å². The first-order valence-corrected chi connectivity index (χ1v) is 7.45. The summed E-state index contributed by atoms with van der Waals surface area (Å²) in [6, 6.07) is 1.35. The standard InChI is InChI=1S/C14H19ClN2O2/c15-12-8-13(18)17(10-16-12)9-11-4-7-14(19-11)5-2-1-3-6-14/h8,10-11H,1-7,9H2. The zero-order valence-electron chi connectivity index (χ0n) is 11.0. The van der Waals surface area contributed by atoms with Gasteiger partial charge in [-0.05, 0) is 25.7 Å². The van der Waals surface area contributed by atoms with Crippen LogP contribution in [0.15, 0.2) is 17.2 Å². The molecule has 1 aliphatic carbocycles. The van der Waals surface area contributed by atoms with Crippen LogP contribution < -0.4 is 5.56 Å². The zero-order chi connectivity index (χ0) is 13.3. The third-order valence-corrected chi connectivity index (χ3v) is 4.56. The van der Waals surface area contributed by atoms with Crippen LogP contribution in [-0.4, -0.2) is 21.3 Å². The Morgan fingerprint density at radius 1 is 1.37 bits per heavy atom. The highest BCUT2D eigenvalue weighted by Crippen LogP contribution is 2.42. The molecule has 2 fully saturated rings. The number of aromatic nitrogens is 2. The van der Waals surface area contributed by atoms with Crippen molar-refractivity contribution in [2.75, 3.05) is 0 Å². The third-order valence-electron chi connectivity index (χ3n) is 4.35. The van der Waals surface area contributed by atoms with Gasteiger partial charge in [0.15, 0.2) is 0 Å². The van der Waals surface area contributed by atoms with Crippen LogP contribution in [-0.2, 0) is 11.3 Å². The highest BCUT2D eigenvalue weighted by Gasteiger charge is 2.40. The van der Waals surface area contributed by atoms with Crippen molar-refractivity contribution in [3.05, 3.63) is 27.9 Å². The van der Waals surface area contributed by atoms with Crippen LogP contribution >= 0.6 is 11.6 Å². The predicted octanol–water partition coefficient (Wildman–Crippen LogP) is 2.78. The van der Waals surface area contributed by atoms with Crippen LogP contribution in [0.3, 0.4) is 0 Å². The molecule has 0 N–H and O–H groups in total. The summed E-state index contributed by atoms with van der Waals surface area (Å²) in [6.07, 6.45) is 10.1. The minimum absolute atomic E-state index is 0.104. The summed E-state index contributed by atoms with van der Waals surface area (Å²) in [7, 11) is 0. The summed E-state index contributed by atoms with van der Waals surface area (Å²) < 4.78 is 7.85. The first-order valence-electron chi connectivity index (χ1n) is 7.07. The van der Waals surface area contributed by atoms with E-state index < -0.39 is 0 Å². The van der Waals surface area contributed by atoms with Gasteiger partial charge in [-0.3, -0.25) is 9.36 Å². The maximum absolute atomic E-state index is 11.8. The van der Waals surface area contributed by atoms with Crippen LogP contribution in [0.5, 0.6) is 0 Å². The lowest BCUT2D eigenvalue weighted by molar-refractivity contribution is -0.0683. The van der Waals surface area contributed by atoms with Gasteiger partial charge in [-0.1, -0.05) is 30.9 Å². The molecule has 2 heterocycles. The van der Waals surface area contributed by atoms with E-state index in [9.17, 15) is 4.79 Å². The van der Waals surface area contributed by atoms with Crippen LogP contribution in [0.25, 0.3) is 0 Å². The summed E-state index contributed by atoms with van der Waals surface area (Å²) in [5, 5.41) is 0.248. The largest absolute Gasteiger partial charge is 0.370 e. The Hall–Kier alpha value is -0.870. The molecule has 1 aromatic heterocycles. The van der Waals surface area contributed by atoms with Crippen LogP contribution in [0.2, 0.25) is 5.15 Å². The molecular weight excluding hydrogens is 264 g/mol. The van der Waals surface area contributed by atoms with E-state index in [2.05, 4.69) is 4.98 Å². The molecule has 0 amide bonds. The molecule has 1 saturated carbocycles. The van der Waals surface area contributed by atoms with E-state index in [1.165, 1.54) is 44.5 Å². The van der Waals surface area contributed by atoms with Gasteiger partial charge in [-0.25, -0.2) is 4.98 Å². The van der Waals surface area contributed by atoms with Gasteiger partial charge >= 0.3 is 0 Å². The Labute approximate surface area is 117 Å². The van der Waals surface area contributed by atoms with Gasteiger partial charge in [0.2, 0.25) is 0 Å². The number of rotatable bonds is 2. The van der Waals surface area contributed by atoms with Gasteiger partial charge in [0.05, 0.1) is 24.6 Å². The molecule has 4 nitrogen and oxygen atoms in total. The number of halogens is 1. The lowest BCUT2D eigenvalue weighted by atomic mass is 9.83.